The summed E-state index contributed by atoms with van der Waals surface area (Å²) in [7, 11) is 1.80. The van der Waals surface area contributed by atoms with Gasteiger partial charge in [0, 0.05) is 52.8 Å². The van der Waals surface area contributed by atoms with Crippen molar-refractivity contribution in [2.24, 2.45) is 10.9 Å². The van der Waals surface area contributed by atoms with E-state index in [0.29, 0.717) is 0 Å². The Kier molecular flexibility index (Phi) is 9.01. The van der Waals surface area contributed by atoms with Crippen LogP contribution in [0.1, 0.15) is 39.5 Å². The highest BCUT2D eigenvalue weighted by Gasteiger charge is 2.32. The van der Waals surface area contributed by atoms with E-state index in [4.69, 9.17) is 14.5 Å². The van der Waals surface area contributed by atoms with Gasteiger partial charge in [0.15, 0.2) is 5.96 Å². The summed E-state index contributed by atoms with van der Waals surface area (Å²) in [5, 5.41) is 3.44. The molecule has 0 bridgehead atoms. The van der Waals surface area contributed by atoms with Crippen LogP contribution in [-0.4, -0.2) is 63.0 Å². The van der Waals surface area contributed by atoms with Crippen molar-refractivity contribution in [3.8, 4) is 0 Å². The molecule has 2 rings (SSSR count). The number of guanidine groups is 1. The third kappa shape index (κ3) is 5.53. The molecule has 0 radical (unpaired) electrons. The molecule has 0 aliphatic carbocycles. The Morgan fingerprint density at radius 2 is 1.95 bits per heavy atom. The van der Waals surface area contributed by atoms with Crippen LogP contribution in [0.25, 0.3) is 0 Å². The number of nitrogens with one attached hydrogen (secondary N) is 1. The van der Waals surface area contributed by atoms with E-state index >= 15 is 0 Å². The molecule has 0 atom stereocenters. The van der Waals surface area contributed by atoms with Gasteiger partial charge in [0.2, 0.25) is 0 Å². The monoisotopic (exact) mass is 425 g/mol. The largest absolute Gasteiger partial charge is 0.381 e. The first-order valence-corrected chi connectivity index (χ1v) is 8.35. The maximum absolute atomic E-state index is 5.78. The summed E-state index contributed by atoms with van der Waals surface area (Å²) in [4.78, 5) is 7.27. The van der Waals surface area contributed by atoms with Crippen molar-refractivity contribution in [2.75, 3.05) is 46.5 Å². The van der Waals surface area contributed by atoms with Crippen LogP contribution in [0.15, 0.2) is 4.99 Å². The second kappa shape index (κ2) is 9.93. The summed E-state index contributed by atoms with van der Waals surface area (Å²) in [6.45, 7) is 9.87. The van der Waals surface area contributed by atoms with E-state index < -0.39 is 0 Å². The van der Waals surface area contributed by atoms with Gasteiger partial charge in [-0.05, 0) is 25.7 Å². The van der Waals surface area contributed by atoms with Gasteiger partial charge in [0.25, 0.3) is 0 Å². The third-order valence-corrected chi connectivity index (χ3v) is 4.77. The lowest BCUT2D eigenvalue weighted by molar-refractivity contribution is -0.0829. The minimum Gasteiger partial charge on any atom is -0.381 e. The number of hydrogen-bond donors (Lipinski definition) is 1. The van der Waals surface area contributed by atoms with Crippen LogP contribution in [0.3, 0.4) is 0 Å². The molecule has 2 aliphatic heterocycles. The number of methoxy groups -OCH3 is 1. The molecular weight excluding hydrogens is 393 g/mol. The minimum absolute atomic E-state index is 0. The fourth-order valence-corrected chi connectivity index (χ4v) is 3.04. The summed E-state index contributed by atoms with van der Waals surface area (Å²) < 4.78 is 11.2. The van der Waals surface area contributed by atoms with Gasteiger partial charge in [-0.2, -0.15) is 0 Å². The molecule has 2 aliphatic rings. The van der Waals surface area contributed by atoms with Gasteiger partial charge in [-0.1, -0.05) is 6.92 Å². The molecule has 5 nitrogen and oxygen atoms in total. The smallest absolute Gasteiger partial charge is 0.194 e. The van der Waals surface area contributed by atoms with Crippen LogP contribution in [0, 0.1) is 5.92 Å². The molecular formula is C16H32IN3O2. The maximum Gasteiger partial charge on any atom is 0.194 e. The zero-order chi connectivity index (χ0) is 15.1. The molecule has 2 saturated heterocycles. The second-order valence-corrected chi connectivity index (χ2v) is 6.34. The normalized spacial score (nSPS) is 23.0. The van der Waals surface area contributed by atoms with Gasteiger partial charge < -0.3 is 19.7 Å². The molecule has 130 valence electrons. The quantitative estimate of drug-likeness (QED) is 0.427. The van der Waals surface area contributed by atoms with E-state index in [1.807, 2.05) is 0 Å². The van der Waals surface area contributed by atoms with Crippen molar-refractivity contribution in [2.45, 2.75) is 45.1 Å². The van der Waals surface area contributed by atoms with Crippen molar-refractivity contribution >= 4 is 29.9 Å². The molecule has 0 unspecified atom stereocenters. The molecule has 0 amide bonds. The average Bonchev–Trinajstić information content (AvgIpc) is 2.53. The fourth-order valence-electron chi connectivity index (χ4n) is 3.04. The number of aliphatic imine (C=N–C) groups is 1. The number of ether oxygens (including phenoxy) is 2. The molecule has 0 aromatic rings. The zero-order valence-electron chi connectivity index (χ0n) is 14.3. The summed E-state index contributed by atoms with van der Waals surface area (Å²) in [5.74, 6) is 1.89. The summed E-state index contributed by atoms with van der Waals surface area (Å²) in [6, 6.07) is 0. The first kappa shape index (κ1) is 20.0. The van der Waals surface area contributed by atoms with Crippen molar-refractivity contribution in [1.29, 1.82) is 0 Å². The van der Waals surface area contributed by atoms with Gasteiger partial charge in [-0.3, -0.25) is 4.99 Å². The standard InChI is InChI=1S/C16H31N3O2.HI/c1-4-17-15(19-9-5-14(2)6-10-19)18-13-16(20-3)7-11-21-12-8-16;/h14H,4-13H2,1-3H3,(H,17,18);1H. The number of nitrogens with zero attached hydrogens (tertiary/aromatic N) is 2. The Hall–Kier alpha value is -0.0800. The number of rotatable bonds is 4. The van der Waals surface area contributed by atoms with E-state index in [1.165, 1.54) is 12.8 Å². The van der Waals surface area contributed by atoms with Crippen LogP contribution in [0.4, 0.5) is 0 Å². The lowest BCUT2D eigenvalue weighted by Crippen LogP contribution is -2.47. The number of likely N-dealkylation sites (tertiary alicyclic amines) is 1. The molecule has 6 heteroatoms. The molecule has 0 saturated carbocycles. The van der Waals surface area contributed by atoms with Crippen LogP contribution in [0.5, 0.6) is 0 Å². The van der Waals surface area contributed by atoms with Crippen molar-refractivity contribution in [3.05, 3.63) is 0 Å². The Morgan fingerprint density at radius 1 is 1.32 bits per heavy atom. The van der Waals surface area contributed by atoms with E-state index in [1.54, 1.807) is 7.11 Å². The Morgan fingerprint density at radius 3 is 2.50 bits per heavy atom. The Bertz CT molecular complexity index is 338. The summed E-state index contributed by atoms with van der Waals surface area (Å²) >= 11 is 0. The fraction of sp³-hybridized carbons (Fsp3) is 0.938. The number of piperidine rings is 1. The topological polar surface area (TPSA) is 46.1 Å². The van der Waals surface area contributed by atoms with E-state index in [-0.39, 0.29) is 29.6 Å². The molecule has 0 spiro atoms. The van der Waals surface area contributed by atoms with Crippen molar-refractivity contribution in [3.63, 3.8) is 0 Å². The number of halogens is 1. The molecule has 0 aromatic heterocycles. The van der Waals surface area contributed by atoms with Crippen LogP contribution < -0.4 is 5.32 Å². The second-order valence-electron chi connectivity index (χ2n) is 6.34. The summed E-state index contributed by atoms with van der Waals surface area (Å²) in [5.41, 5.74) is -0.137. The van der Waals surface area contributed by atoms with Gasteiger partial charge in [-0.15, -0.1) is 24.0 Å². The lowest BCUT2D eigenvalue weighted by Gasteiger charge is -2.36. The zero-order valence-corrected chi connectivity index (χ0v) is 16.6. The predicted octanol–water partition coefficient (Wildman–Crippen LogP) is 2.50. The van der Waals surface area contributed by atoms with E-state index in [0.717, 1.165) is 64.1 Å². The SMILES string of the molecule is CCNC(=NCC1(OC)CCOCC1)N1CCC(C)CC1.I. The molecule has 2 heterocycles. The highest BCUT2D eigenvalue weighted by atomic mass is 127. The molecule has 0 aromatic carbocycles. The Balaban J connectivity index is 0.00000242. The first-order valence-electron chi connectivity index (χ1n) is 8.35. The van der Waals surface area contributed by atoms with Gasteiger partial charge >= 0.3 is 0 Å². The lowest BCUT2D eigenvalue weighted by atomic mass is 9.94. The molecule has 22 heavy (non-hydrogen) atoms. The predicted molar refractivity (Wildman–Crippen MR) is 101 cm³/mol. The van der Waals surface area contributed by atoms with E-state index in [9.17, 15) is 0 Å². The Labute approximate surface area is 152 Å². The first-order chi connectivity index (χ1) is 10.2. The van der Waals surface area contributed by atoms with Gasteiger partial charge in [0.05, 0.1) is 12.1 Å². The third-order valence-electron chi connectivity index (χ3n) is 4.77. The van der Waals surface area contributed by atoms with Crippen LogP contribution >= 0.6 is 24.0 Å². The molecule has 2 fully saturated rings. The van der Waals surface area contributed by atoms with E-state index in [2.05, 4.69) is 24.1 Å². The van der Waals surface area contributed by atoms with Crippen LogP contribution in [-0.2, 0) is 9.47 Å². The summed E-state index contributed by atoms with van der Waals surface area (Å²) in [6.07, 6.45) is 4.38. The average molecular weight is 425 g/mol. The highest BCUT2D eigenvalue weighted by Crippen LogP contribution is 2.25. The van der Waals surface area contributed by atoms with Gasteiger partial charge in [-0.25, -0.2) is 0 Å². The highest BCUT2D eigenvalue weighted by molar-refractivity contribution is 14.0. The molecule has 1 N–H and O–H groups in total. The maximum atomic E-state index is 5.78. The van der Waals surface area contributed by atoms with Crippen molar-refractivity contribution in [1.82, 2.24) is 10.2 Å². The van der Waals surface area contributed by atoms with Crippen molar-refractivity contribution < 1.29 is 9.47 Å². The number of hydrogen-bond acceptors (Lipinski definition) is 3. The minimum atomic E-state index is -0.137. The van der Waals surface area contributed by atoms with Crippen LogP contribution in [0.2, 0.25) is 0 Å². The van der Waals surface area contributed by atoms with Gasteiger partial charge in [0.1, 0.15) is 0 Å².